The van der Waals surface area contributed by atoms with Crippen LogP contribution in [0.1, 0.15) is 33.6 Å². The van der Waals surface area contributed by atoms with Crippen molar-refractivity contribution in [3.05, 3.63) is 72.8 Å². The van der Waals surface area contributed by atoms with Crippen LogP contribution in [-0.2, 0) is 9.22 Å². The van der Waals surface area contributed by atoms with Crippen LogP contribution < -0.4 is 10.4 Å². The number of carbonyl (C=O) groups excluding carboxylic acids is 1. The van der Waals surface area contributed by atoms with E-state index < -0.39 is 8.32 Å². The van der Waals surface area contributed by atoms with Gasteiger partial charge in [-0.3, -0.25) is 4.79 Å². The van der Waals surface area contributed by atoms with E-state index in [1.165, 1.54) is 10.4 Å². The predicted octanol–water partition coefficient (Wildman–Crippen LogP) is 4.10. The summed E-state index contributed by atoms with van der Waals surface area (Å²) in [4.78, 5) is 11.7. The lowest BCUT2D eigenvalue weighted by molar-refractivity contribution is -0.119. The third kappa shape index (κ3) is 3.13. The second-order valence-corrected chi connectivity index (χ2v) is 13.2. The molecule has 27 heavy (non-hydrogen) atoms. The Kier molecular flexibility index (Phi) is 4.69. The highest BCUT2D eigenvalue weighted by Crippen LogP contribution is 2.47. The van der Waals surface area contributed by atoms with Crippen LogP contribution in [0.5, 0.6) is 0 Å². The normalized spacial score (nSPS) is 25.0. The lowest BCUT2D eigenvalue weighted by atomic mass is 9.66. The topological polar surface area (TPSA) is 26.3 Å². The first kappa shape index (κ1) is 18.4. The standard InChI is InChI=1S/C24H28O2Si/c1-24(2,3)27(20-10-6-4-7-11-20,21-12-8-5-9-13-21)26-23-17-18-16-19(25)14-15-22(18)23/h4-15,18,22-23H,16-17H2,1-3H3/t18-,22-,23+/m0/s1. The minimum Gasteiger partial charge on any atom is -0.404 e. The van der Waals surface area contributed by atoms with Crippen LogP contribution in [0.4, 0.5) is 0 Å². The van der Waals surface area contributed by atoms with E-state index in [1.54, 1.807) is 6.08 Å². The zero-order valence-corrected chi connectivity index (χ0v) is 17.4. The number of fused-ring (bicyclic) bond motifs is 1. The van der Waals surface area contributed by atoms with Crippen LogP contribution in [0.15, 0.2) is 72.8 Å². The first-order valence-electron chi connectivity index (χ1n) is 9.92. The van der Waals surface area contributed by atoms with E-state index in [-0.39, 0.29) is 16.9 Å². The lowest BCUT2D eigenvalue weighted by Gasteiger charge is -2.52. The molecule has 1 fully saturated rings. The molecule has 0 spiro atoms. The molecule has 0 heterocycles. The molecule has 3 heteroatoms. The fourth-order valence-corrected chi connectivity index (χ4v) is 9.53. The van der Waals surface area contributed by atoms with Crippen molar-refractivity contribution in [1.82, 2.24) is 0 Å². The van der Waals surface area contributed by atoms with E-state index in [4.69, 9.17) is 4.43 Å². The number of rotatable bonds is 4. The second kappa shape index (κ2) is 6.88. The Morgan fingerprint density at radius 3 is 1.96 bits per heavy atom. The van der Waals surface area contributed by atoms with E-state index in [2.05, 4.69) is 87.5 Å². The molecule has 2 nitrogen and oxygen atoms in total. The lowest BCUT2D eigenvalue weighted by Crippen LogP contribution is -2.69. The monoisotopic (exact) mass is 376 g/mol. The van der Waals surface area contributed by atoms with Gasteiger partial charge in [0.05, 0.1) is 6.10 Å². The van der Waals surface area contributed by atoms with E-state index in [1.807, 2.05) is 0 Å². The molecule has 0 amide bonds. The summed E-state index contributed by atoms with van der Waals surface area (Å²) in [5.41, 5.74) is 0. The average molecular weight is 377 g/mol. The van der Waals surface area contributed by atoms with Crippen molar-refractivity contribution in [3.8, 4) is 0 Å². The summed E-state index contributed by atoms with van der Waals surface area (Å²) >= 11 is 0. The number of hydrogen-bond acceptors (Lipinski definition) is 2. The van der Waals surface area contributed by atoms with Gasteiger partial charge in [0.2, 0.25) is 0 Å². The summed E-state index contributed by atoms with van der Waals surface area (Å²) in [6.07, 6.45) is 5.74. The average Bonchev–Trinajstić information content (AvgIpc) is 2.64. The van der Waals surface area contributed by atoms with Crippen LogP contribution >= 0.6 is 0 Å². The zero-order chi connectivity index (χ0) is 19.1. The molecule has 140 valence electrons. The largest absolute Gasteiger partial charge is 0.404 e. The molecule has 0 saturated heterocycles. The van der Waals surface area contributed by atoms with Gasteiger partial charge in [0.1, 0.15) is 0 Å². The van der Waals surface area contributed by atoms with Gasteiger partial charge in [-0.15, -0.1) is 0 Å². The third-order valence-corrected chi connectivity index (χ3v) is 11.3. The van der Waals surface area contributed by atoms with Crippen LogP contribution in [0.3, 0.4) is 0 Å². The molecule has 3 atom stereocenters. The molecule has 0 aromatic heterocycles. The number of allylic oxidation sites excluding steroid dienone is 1. The van der Waals surface area contributed by atoms with Crippen LogP contribution in [0.25, 0.3) is 0 Å². The van der Waals surface area contributed by atoms with Gasteiger partial charge in [0, 0.05) is 12.3 Å². The molecule has 0 N–H and O–H groups in total. The fraction of sp³-hybridized carbons (Fsp3) is 0.375. The van der Waals surface area contributed by atoms with Gasteiger partial charge in [0.15, 0.2) is 5.78 Å². The van der Waals surface area contributed by atoms with Crippen molar-refractivity contribution >= 4 is 24.5 Å². The van der Waals surface area contributed by atoms with Crippen molar-refractivity contribution in [2.75, 3.05) is 0 Å². The van der Waals surface area contributed by atoms with Crippen molar-refractivity contribution in [2.45, 2.75) is 44.8 Å². The summed E-state index contributed by atoms with van der Waals surface area (Å²) in [5.74, 6) is 1.11. The van der Waals surface area contributed by atoms with Crippen LogP contribution in [0.2, 0.25) is 5.04 Å². The highest BCUT2D eigenvalue weighted by molar-refractivity contribution is 6.99. The Balaban J connectivity index is 1.79. The number of carbonyl (C=O) groups is 1. The van der Waals surface area contributed by atoms with Gasteiger partial charge in [-0.25, -0.2) is 0 Å². The van der Waals surface area contributed by atoms with Gasteiger partial charge in [-0.2, -0.15) is 0 Å². The summed E-state index contributed by atoms with van der Waals surface area (Å²) in [5, 5.41) is 2.64. The summed E-state index contributed by atoms with van der Waals surface area (Å²) < 4.78 is 7.19. The van der Waals surface area contributed by atoms with E-state index in [0.29, 0.717) is 18.3 Å². The smallest absolute Gasteiger partial charge is 0.261 e. The molecular weight excluding hydrogens is 348 g/mol. The van der Waals surface area contributed by atoms with Gasteiger partial charge >= 0.3 is 0 Å². The SMILES string of the molecule is CC(C)(C)[Si](O[C@@H]1C[C@@H]2CC(=O)C=C[C@@H]21)(c1ccccc1)c1ccccc1. The predicted molar refractivity (Wildman–Crippen MR) is 113 cm³/mol. The zero-order valence-electron chi connectivity index (χ0n) is 16.4. The van der Waals surface area contributed by atoms with Crippen molar-refractivity contribution < 1.29 is 9.22 Å². The second-order valence-electron chi connectivity index (χ2n) is 8.92. The first-order valence-corrected chi connectivity index (χ1v) is 11.8. The van der Waals surface area contributed by atoms with Crippen LogP contribution in [-0.4, -0.2) is 20.2 Å². The van der Waals surface area contributed by atoms with Gasteiger partial charge in [-0.1, -0.05) is 87.5 Å². The van der Waals surface area contributed by atoms with E-state index >= 15 is 0 Å². The molecule has 2 aliphatic rings. The molecule has 0 bridgehead atoms. The maximum Gasteiger partial charge on any atom is 0.261 e. The summed E-state index contributed by atoms with van der Waals surface area (Å²) in [6, 6.07) is 21.6. The minimum absolute atomic E-state index is 0.00497. The molecule has 2 aliphatic carbocycles. The van der Waals surface area contributed by atoms with E-state index in [9.17, 15) is 4.79 Å². The molecule has 0 radical (unpaired) electrons. The summed E-state index contributed by atoms with van der Waals surface area (Å²) in [7, 11) is -2.49. The number of benzene rings is 2. The molecule has 4 rings (SSSR count). The molecule has 0 unspecified atom stereocenters. The fourth-order valence-electron chi connectivity index (χ4n) is 4.81. The minimum atomic E-state index is -2.49. The molecule has 0 aliphatic heterocycles. The Morgan fingerprint density at radius 2 is 1.48 bits per heavy atom. The Labute approximate surface area is 163 Å². The Bertz CT molecular complexity index is 796. The molecule has 2 aromatic rings. The highest BCUT2D eigenvalue weighted by atomic mass is 28.4. The van der Waals surface area contributed by atoms with Gasteiger partial charge < -0.3 is 4.43 Å². The van der Waals surface area contributed by atoms with Crippen LogP contribution in [0, 0.1) is 11.8 Å². The van der Waals surface area contributed by atoms with E-state index in [0.717, 1.165) is 6.42 Å². The summed E-state index contributed by atoms with van der Waals surface area (Å²) in [6.45, 7) is 6.95. The quantitative estimate of drug-likeness (QED) is 0.751. The number of hydrogen-bond donors (Lipinski definition) is 0. The molecular formula is C24H28O2Si. The third-order valence-electron chi connectivity index (χ3n) is 6.22. The first-order chi connectivity index (χ1) is 12.9. The van der Waals surface area contributed by atoms with Gasteiger partial charge in [-0.05, 0) is 33.8 Å². The van der Waals surface area contributed by atoms with Gasteiger partial charge in [0.25, 0.3) is 8.32 Å². The maximum atomic E-state index is 11.7. The number of ketones is 1. The molecule has 2 aromatic carbocycles. The molecule has 1 saturated carbocycles. The van der Waals surface area contributed by atoms with Crippen molar-refractivity contribution in [2.24, 2.45) is 11.8 Å². The Hall–Kier alpha value is -1.97. The van der Waals surface area contributed by atoms with Crippen molar-refractivity contribution in [3.63, 3.8) is 0 Å². The van der Waals surface area contributed by atoms with Crippen molar-refractivity contribution in [1.29, 1.82) is 0 Å². The maximum absolute atomic E-state index is 11.7. The Morgan fingerprint density at radius 1 is 0.926 bits per heavy atom. The highest BCUT2D eigenvalue weighted by Gasteiger charge is 2.55.